The Kier molecular flexibility index (Phi) is 5.75. The number of benzene rings is 3. The molecule has 4 rings (SSSR count). The predicted molar refractivity (Wildman–Crippen MR) is 117 cm³/mol. The van der Waals surface area contributed by atoms with Gasteiger partial charge in [-0.25, -0.2) is 4.39 Å². The third-order valence-corrected chi connectivity index (χ3v) is 4.84. The summed E-state index contributed by atoms with van der Waals surface area (Å²) in [5, 5.41) is 6.90. The van der Waals surface area contributed by atoms with E-state index in [-0.39, 0.29) is 17.6 Å². The van der Waals surface area contributed by atoms with Crippen molar-refractivity contribution in [2.24, 2.45) is 0 Å². The van der Waals surface area contributed by atoms with Crippen LogP contribution < -0.4 is 10.2 Å². The van der Waals surface area contributed by atoms with Crippen molar-refractivity contribution in [3.05, 3.63) is 89.7 Å². The van der Waals surface area contributed by atoms with Crippen LogP contribution in [0, 0.1) is 5.82 Å². The zero-order valence-electron chi connectivity index (χ0n) is 17.2. The Morgan fingerprint density at radius 2 is 1.71 bits per heavy atom. The fraction of sp³-hybridized carbons (Fsp3) is 0.125. The minimum atomic E-state index is -0.342. The topological polar surface area (TPSA) is 71.3 Å². The van der Waals surface area contributed by atoms with Gasteiger partial charge in [0.2, 0.25) is 5.82 Å². The number of hydrogen-bond acceptors (Lipinski definition) is 5. The molecule has 0 spiro atoms. The summed E-state index contributed by atoms with van der Waals surface area (Å²) < 4.78 is 18.5. The Hall–Kier alpha value is -4.00. The van der Waals surface area contributed by atoms with Crippen LogP contribution in [0.1, 0.15) is 15.9 Å². The Balaban J connectivity index is 1.52. The van der Waals surface area contributed by atoms with Crippen molar-refractivity contribution >= 4 is 11.6 Å². The third-order valence-electron chi connectivity index (χ3n) is 4.84. The number of aromatic nitrogens is 2. The van der Waals surface area contributed by atoms with Gasteiger partial charge >= 0.3 is 0 Å². The highest BCUT2D eigenvalue weighted by molar-refractivity contribution is 6.00. The number of hydrogen-bond donors (Lipinski definition) is 1. The normalized spacial score (nSPS) is 10.7. The standard InChI is InChI=1S/C24H21FN4O2/c1-29(2)19-13-7-16(8-14-19)15-26-23(30)20-5-3-4-6-21(20)24-27-22(28-31-24)17-9-11-18(25)12-10-17/h3-14H,15H2,1-2H3,(H,26,30). The molecule has 0 bridgehead atoms. The van der Waals surface area contributed by atoms with Crippen LogP contribution in [-0.4, -0.2) is 30.1 Å². The molecule has 0 aliphatic carbocycles. The molecule has 0 aliphatic heterocycles. The molecule has 156 valence electrons. The smallest absolute Gasteiger partial charge is 0.259 e. The van der Waals surface area contributed by atoms with Crippen molar-refractivity contribution in [1.29, 1.82) is 0 Å². The van der Waals surface area contributed by atoms with E-state index in [0.717, 1.165) is 11.3 Å². The highest BCUT2D eigenvalue weighted by Crippen LogP contribution is 2.25. The molecule has 0 saturated heterocycles. The number of nitrogens with one attached hydrogen (secondary N) is 1. The van der Waals surface area contributed by atoms with Crippen LogP contribution in [0.15, 0.2) is 77.3 Å². The molecular weight excluding hydrogens is 395 g/mol. The first-order valence-electron chi connectivity index (χ1n) is 9.75. The van der Waals surface area contributed by atoms with E-state index in [1.54, 1.807) is 36.4 Å². The Morgan fingerprint density at radius 3 is 2.42 bits per heavy atom. The second-order valence-corrected chi connectivity index (χ2v) is 7.22. The van der Waals surface area contributed by atoms with E-state index < -0.39 is 0 Å². The van der Waals surface area contributed by atoms with E-state index in [0.29, 0.717) is 29.1 Å². The van der Waals surface area contributed by atoms with E-state index in [2.05, 4.69) is 15.5 Å². The lowest BCUT2D eigenvalue weighted by molar-refractivity contribution is 0.0951. The van der Waals surface area contributed by atoms with E-state index in [4.69, 9.17) is 4.52 Å². The second-order valence-electron chi connectivity index (χ2n) is 7.22. The van der Waals surface area contributed by atoms with Crippen LogP contribution in [0.5, 0.6) is 0 Å². The lowest BCUT2D eigenvalue weighted by Gasteiger charge is -2.13. The van der Waals surface area contributed by atoms with Gasteiger partial charge in [-0.1, -0.05) is 29.4 Å². The van der Waals surface area contributed by atoms with Crippen LogP contribution in [0.2, 0.25) is 0 Å². The van der Waals surface area contributed by atoms with Gasteiger partial charge in [0.25, 0.3) is 11.8 Å². The van der Waals surface area contributed by atoms with Crippen LogP contribution in [0.25, 0.3) is 22.8 Å². The van der Waals surface area contributed by atoms with Gasteiger partial charge in [-0.05, 0) is 54.1 Å². The van der Waals surface area contributed by atoms with Crippen molar-refractivity contribution in [3.63, 3.8) is 0 Å². The van der Waals surface area contributed by atoms with Crippen molar-refractivity contribution in [2.75, 3.05) is 19.0 Å². The summed E-state index contributed by atoms with van der Waals surface area (Å²) in [4.78, 5) is 19.3. The highest BCUT2D eigenvalue weighted by Gasteiger charge is 2.18. The fourth-order valence-corrected chi connectivity index (χ4v) is 3.11. The average Bonchev–Trinajstić information content (AvgIpc) is 3.28. The molecule has 1 aromatic heterocycles. The number of carbonyl (C=O) groups is 1. The highest BCUT2D eigenvalue weighted by atomic mass is 19.1. The molecule has 0 unspecified atom stereocenters. The minimum Gasteiger partial charge on any atom is -0.378 e. The second kappa shape index (κ2) is 8.79. The van der Waals surface area contributed by atoms with Gasteiger partial charge in [-0.15, -0.1) is 0 Å². The largest absolute Gasteiger partial charge is 0.378 e. The van der Waals surface area contributed by atoms with Crippen molar-refractivity contribution in [1.82, 2.24) is 15.5 Å². The van der Waals surface area contributed by atoms with Gasteiger partial charge in [0, 0.05) is 31.9 Å². The van der Waals surface area contributed by atoms with E-state index in [1.807, 2.05) is 43.3 Å². The number of amides is 1. The molecule has 0 atom stereocenters. The van der Waals surface area contributed by atoms with Crippen LogP contribution in [0.3, 0.4) is 0 Å². The summed E-state index contributed by atoms with van der Waals surface area (Å²) in [5.41, 5.74) is 3.67. The molecule has 1 heterocycles. The van der Waals surface area contributed by atoms with Gasteiger partial charge in [-0.2, -0.15) is 4.98 Å². The van der Waals surface area contributed by atoms with Crippen molar-refractivity contribution < 1.29 is 13.7 Å². The number of halogens is 1. The lowest BCUT2D eigenvalue weighted by atomic mass is 10.1. The zero-order chi connectivity index (χ0) is 21.8. The van der Waals surface area contributed by atoms with Crippen molar-refractivity contribution in [2.45, 2.75) is 6.54 Å². The molecule has 6 nitrogen and oxygen atoms in total. The maximum Gasteiger partial charge on any atom is 0.259 e. The molecule has 3 aromatic carbocycles. The maximum atomic E-state index is 13.2. The van der Waals surface area contributed by atoms with Gasteiger partial charge < -0.3 is 14.7 Å². The molecule has 7 heteroatoms. The first-order valence-corrected chi connectivity index (χ1v) is 9.75. The Bertz CT molecular complexity index is 1180. The molecule has 1 amide bonds. The summed E-state index contributed by atoms with van der Waals surface area (Å²) in [6.07, 6.45) is 0. The first kappa shape index (κ1) is 20.3. The number of anilines is 1. The van der Waals surface area contributed by atoms with Gasteiger partial charge in [0.15, 0.2) is 0 Å². The number of rotatable bonds is 6. The van der Waals surface area contributed by atoms with Crippen LogP contribution in [0.4, 0.5) is 10.1 Å². The summed E-state index contributed by atoms with van der Waals surface area (Å²) >= 11 is 0. The van der Waals surface area contributed by atoms with Gasteiger partial charge in [-0.3, -0.25) is 4.79 Å². The number of carbonyl (C=O) groups excluding carboxylic acids is 1. The summed E-state index contributed by atoms with van der Waals surface area (Å²) in [7, 11) is 3.96. The fourth-order valence-electron chi connectivity index (χ4n) is 3.11. The Morgan fingerprint density at radius 1 is 1.00 bits per heavy atom. The molecule has 4 aromatic rings. The molecule has 0 saturated carbocycles. The van der Waals surface area contributed by atoms with Gasteiger partial charge in [0.1, 0.15) is 5.82 Å². The van der Waals surface area contributed by atoms with E-state index >= 15 is 0 Å². The summed E-state index contributed by atoms with van der Waals surface area (Å²) in [6, 6.07) is 20.8. The quantitative estimate of drug-likeness (QED) is 0.500. The number of nitrogens with zero attached hydrogens (tertiary/aromatic N) is 3. The average molecular weight is 416 g/mol. The first-order chi connectivity index (χ1) is 15.0. The third kappa shape index (κ3) is 4.61. The molecule has 1 N–H and O–H groups in total. The lowest BCUT2D eigenvalue weighted by Crippen LogP contribution is -2.23. The molecule has 0 aliphatic rings. The maximum absolute atomic E-state index is 13.2. The molecular formula is C24H21FN4O2. The Labute approximate surface area is 179 Å². The molecule has 0 fully saturated rings. The zero-order valence-corrected chi connectivity index (χ0v) is 17.2. The molecule has 0 radical (unpaired) electrons. The summed E-state index contributed by atoms with van der Waals surface area (Å²) in [5.74, 6) is -0.0359. The van der Waals surface area contributed by atoms with E-state index in [9.17, 15) is 9.18 Å². The van der Waals surface area contributed by atoms with Crippen LogP contribution >= 0.6 is 0 Å². The monoisotopic (exact) mass is 416 g/mol. The van der Waals surface area contributed by atoms with Crippen molar-refractivity contribution in [3.8, 4) is 22.8 Å². The van der Waals surface area contributed by atoms with Crippen LogP contribution in [-0.2, 0) is 6.54 Å². The van der Waals surface area contributed by atoms with E-state index in [1.165, 1.54) is 12.1 Å². The molecule has 31 heavy (non-hydrogen) atoms. The SMILES string of the molecule is CN(C)c1ccc(CNC(=O)c2ccccc2-c2nc(-c3ccc(F)cc3)no2)cc1. The predicted octanol–water partition coefficient (Wildman–Crippen LogP) is 4.54. The summed E-state index contributed by atoms with van der Waals surface area (Å²) in [6.45, 7) is 0.394. The minimum absolute atomic E-state index is 0.223. The van der Waals surface area contributed by atoms with Gasteiger partial charge in [0.05, 0.1) is 11.1 Å².